The molecule has 0 aliphatic carbocycles. The molecule has 9 N–H and O–H groups in total. The topological polar surface area (TPSA) is 214 Å². The molecule has 27 heavy (non-hydrogen) atoms. The Morgan fingerprint density at radius 3 is 1.96 bits per heavy atom. The van der Waals surface area contributed by atoms with Crippen LogP contribution >= 0.6 is 12.6 Å². The molecule has 4 atom stereocenters. The number of nitrogens with two attached hydrogens (primary N) is 2. The van der Waals surface area contributed by atoms with E-state index in [1.165, 1.54) is 6.92 Å². The Morgan fingerprint density at radius 2 is 1.52 bits per heavy atom. The van der Waals surface area contributed by atoms with Crippen LogP contribution in [-0.2, 0) is 24.0 Å². The van der Waals surface area contributed by atoms with Crippen molar-refractivity contribution in [1.82, 2.24) is 16.0 Å². The molecule has 154 valence electrons. The van der Waals surface area contributed by atoms with Crippen molar-refractivity contribution >= 4 is 42.2 Å². The molecule has 0 aromatic carbocycles. The zero-order chi connectivity index (χ0) is 21.1. The molecule has 0 aromatic rings. The summed E-state index contributed by atoms with van der Waals surface area (Å²) in [6.07, 6.45) is -0.405. The highest BCUT2D eigenvalue weighted by Crippen LogP contribution is 2.00. The number of carbonyl (C=O) groups excluding carboxylic acids is 4. The number of carbonyl (C=O) groups is 5. The number of nitrogens with one attached hydrogen (secondary N) is 3. The summed E-state index contributed by atoms with van der Waals surface area (Å²) in [5, 5.41) is 24.6. The lowest BCUT2D eigenvalue weighted by Gasteiger charge is -2.23. The molecular weight excluding hydrogens is 382 g/mol. The summed E-state index contributed by atoms with van der Waals surface area (Å²) in [5.74, 6) is -4.55. The summed E-state index contributed by atoms with van der Waals surface area (Å²) >= 11 is 3.87. The maximum absolute atomic E-state index is 12.4. The number of aliphatic hydroxyl groups is 1. The molecule has 4 amide bonds. The molecule has 12 nitrogen and oxygen atoms in total. The zero-order valence-corrected chi connectivity index (χ0v) is 15.6. The highest BCUT2D eigenvalue weighted by molar-refractivity contribution is 7.80. The van der Waals surface area contributed by atoms with E-state index in [0.717, 1.165) is 0 Å². The van der Waals surface area contributed by atoms with E-state index in [0.29, 0.717) is 0 Å². The zero-order valence-electron chi connectivity index (χ0n) is 14.7. The van der Waals surface area contributed by atoms with E-state index in [4.69, 9.17) is 16.6 Å². The van der Waals surface area contributed by atoms with Crippen molar-refractivity contribution in [3.05, 3.63) is 0 Å². The summed E-state index contributed by atoms with van der Waals surface area (Å²) in [7, 11) is 0. The molecule has 0 rings (SSSR count). The lowest BCUT2D eigenvalue weighted by molar-refractivity contribution is -0.142. The second-order valence-electron chi connectivity index (χ2n) is 5.67. The van der Waals surface area contributed by atoms with Crippen molar-refractivity contribution in [2.45, 2.75) is 43.9 Å². The average molecular weight is 407 g/mol. The van der Waals surface area contributed by atoms with Gasteiger partial charge in [0.1, 0.15) is 18.1 Å². The number of hydrogen-bond donors (Lipinski definition) is 8. The molecule has 0 bridgehead atoms. The number of carboxylic acids is 1. The van der Waals surface area contributed by atoms with Gasteiger partial charge in [0.2, 0.25) is 23.6 Å². The largest absolute Gasteiger partial charge is 0.480 e. The summed E-state index contributed by atoms with van der Waals surface area (Å²) in [6, 6.07) is -4.98. The lowest BCUT2D eigenvalue weighted by atomic mass is 10.1. The van der Waals surface area contributed by atoms with E-state index in [1.54, 1.807) is 0 Å². The second-order valence-corrected chi connectivity index (χ2v) is 6.03. The second kappa shape index (κ2) is 12.1. The molecule has 0 saturated carbocycles. The van der Waals surface area contributed by atoms with Crippen LogP contribution in [0.15, 0.2) is 0 Å². The Bertz CT molecular complexity index is 574. The number of thiol groups is 1. The molecule has 0 aliphatic heterocycles. The number of aliphatic hydroxyl groups excluding tert-OH is 1. The van der Waals surface area contributed by atoms with Crippen molar-refractivity contribution in [2.75, 3.05) is 12.4 Å². The summed E-state index contributed by atoms with van der Waals surface area (Å²) in [6.45, 7) is 0.377. The van der Waals surface area contributed by atoms with Crippen LogP contribution in [0.25, 0.3) is 0 Å². The van der Waals surface area contributed by atoms with E-state index < -0.39 is 60.4 Å². The lowest BCUT2D eigenvalue weighted by Crippen LogP contribution is -2.58. The Balaban J connectivity index is 5.10. The number of primary amides is 1. The van der Waals surface area contributed by atoms with E-state index in [9.17, 15) is 29.1 Å². The van der Waals surface area contributed by atoms with Gasteiger partial charge < -0.3 is 37.6 Å². The normalized spacial score (nSPS) is 15.0. The van der Waals surface area contributed by atoms with Gasteiger partial charge in [-0.05, 0) is 13.3 Å². The number of hydrogen-bond acceptors (Lipinski definition) is 8. The fraction of sp³-hybridized carbons (Fsp3) is 0.643. The number of aliphatic carboxylic acids is 1. The molecular formula is C14H25N5O7S. The third-order valence-corrected chi connectivity index (χ3v) is 3.78. The fourth-order valence-electron chi connectivity index (χ4n) is 1.76. The monoisotopic (exact) mass is 407 g/mol. The third kappa shape index (κ3) is 9.21. The molecule has 0 fully saturated rings. The standard InChI is InChI=1S/C14H25N5O7S/c1-6(14(25)26)17-13(24)9(4-20)19-12(23)8(2-3-10(16)21)18-11(22)7(15)5-27/h6-9,20,27H,2-5,15H2,1H3,(H2,16,21)(H,17,24)(H,18,22)(H,19,23)(H,25,26). The van der Waals surface area contributed by atoms with E-state index in [1.807, 2.05) is 0 Å². The Morgan fingerprint density at radius 1 is 1.00 bits per heavy atom. The molecule has 0 aromatic heterocycles. The SMILES string of the molecule is CC(NC(=O)C(CO)NC(=O)C(CCC(N)=O)NC(=O)C(N)CS)C(=O)O. The highest BCUT2D eigenvalue weighted by Gasteiger charge is 2.29. The van der Waals surface area contributed by atoms with Crippen LogP contribution in [0, 0.1) is 0 Å². The van der Waals surface area contributed by atoms with Crippen LogP contribution in [-0.4, -0.2) is 76.3 Å². The number of amides is 4. The quantitative estimate of drug-likeness (QED) is 0.149. The van der Waals surface area contributed by atoms with Crippen LogP contribution in [0.1, 0.15) is 19.8 Å². The first-order valence-corrected chi connectivity index (χ1v) is 8.56. The van der Waals surface area contributed by atoms with E-state index >= 15 is 0 Å². The third-order valence-electron chi connectivity index (χ3n) is 3.39. The molecule has 0 radical (unpaired) electrons. The van der Waals surface area contributed by atoms with Crippen molar-refractivity contribution in [3.8, 4) is 0 Å². The van der Waals surface area contributed by atoms with Gasteiger partial charge in [-0.25, -0.2) is 0 Å². The predicted octanol–water partition coefficient (Wildman–Crippen LogP) is -3.94. The van der Waals surface area contributed by atoms with Crippen LogP contribution in [0.5, 0.6) is 0 Å². The van der Waals surface area contributed by atoms with E-state index in [2.05, 4.69) is 28.6 Å². The molecule has 0 saturated heterocycles. The van der Waals surface area contributed by atoms with Gasteiger partial charge in [0, 0.05) is 12.2 Å². The summed E-state index contributed by atoms with van der Waals surface area (Å²) in [5.41, 5.74) is 10.5. The molecule has 0 aliphatic rings. The average Bonchev–Trinajstić information content (AvgIpc) is 2.61. The smallest absolute Gasteiger partial charge is 0.325 e. The molecule has 0 heterocycles. The van der Waals surface area contributed by atoms with Gasteiger partial charge in [-0.2, -0.15) is 12.6 Å². The van der Waals surface area contributed by atoms with Gasteiger partial charge in [-0.3, -0.25) is 24.0 Å². The van der Waals surface area contributed by atoms with Crippen molar-refractivity contribution < 1.29 is 34.2 Å². The summed E-state index contributed by atoms with van der Waals surface area (Å²) in [4.78, 5) is 57.9. The Hall–Kier alpha value is -2.38. The first kappa shape index (κ1) is 24.6. The van der Waals surface area contributed by atoms with Gasteiger partial charge in [-0.1, -0.05) is 0 Å². The maximum atomic E-state index is 12.4. The molecule has 4 unspecified atom stereocenters. The maximum Gasteiger partial charge on any atom is 0.325 e. The van der Waals surface area contributed by atoms with Gasteiger partial charge in [-0.15, -0.1) is 0 Å². The minimum atomic E-state index is -1.47. The Kier molecular flexibility index (Phi) is 11.0. The van der Waals surface area contributed by atoms with Gasteiger partial charge in [0.25, 0.3) is 0 Å². The Labute approximate surface area is 160 Å². The number of carboxylic acid groups (broad SMARTS) is 1. The van der Waals surface area contributed by atoms with Gasteiger partial charge in [0.15, 0.2) is 0 Å². The highest BCUT2D eigenvalue weighted by atomic mass is 32.1. The summed E-state index contributed by atoms with van der Waals surface area (Å²) < 4.78 is 0. The molecule has 0 spiro atoms. The van der Waals surface area contributed by atoms with Gasteiger partial charge in [0.05, 0.1) is 12.6 Å². The first-order chi connectivity index (χ1) is 12.5. The van der Waals surface area contributed by atoms with Crippen LogP contribution in [0.2, 0.25) is 0 Å². The minimum absolute atomic E-state index is 0.00470. The van der Waals surface area contributed by atoms with Crippen LogP contribution < -0.4 is 27.4 Å². The van der Waals surface area contributed by atoms with Crippen LogP contribution in [0.3, 0.4) is 0 Å². The number of rotatable bonds is 12. The fourth-order valence-corrected chi connectivity index (χ4v) is 1.93. The minimum Gasteiger partial charge on any atom is -0.480 e. The predicted molar refractivity (Wildman–Crippen MR) is 96.4 cm³/mol. The first-order valence-electron chi connectivity index (χ1n) is 7.93. The van der Waals surface area contributed by atoms with Crippen molar-refractivity contribution in [3.63, 3.8) is 0 Å². The van der Waals surface area contributed by atoms with Crippen LogP contribution in [0.4, 0.5) is 0 Å². The van der Waals surface area contributed by atoms with Crippen molar-refractivity contribution in [1.29, 1.82) is 0 Å². The van der Waals surface area contributed by atoms with Gasteiger partial charge >= 0.3 is 5.97 Å². The molecule has 13 heteroatoms. The van der Waals surface area contributed by atoms with E-state index in [-0.39, 0.29) is 18.6 Å². The van der Waals surface area contributed by atoms with Crippen molar-refractivity contribution in [2.24, 2.45) is 11.5 Å².